The molecule has 1 rings (SSSR count). The van der Waals surface area contributed by atoms with Gasteiger partial charge >= 0.3 is 6.03 Å². The van der Waals surface area contributed by atoms with E-state index in [-0.39, 0.29) is 18.1 Å². The number of carbonyl (C=O) groups is 1. The van der Waals surface area contributed by atoms with Gasteiger partial charge in [-0.3, -0.25) is 0 Å². The topological polar surface area (TPSA) is 52.6 Å². The van der Waals surface area contributed by atoms with Crippen LogP contribution in [0.5, 0.6) is 0 Å². The average molecular weight is 284 g/mol. The molecule has 0 spiro atoms. The summed E-state index contributed by atoms with van der Waals surface area (Å²) >= 11 is 0. The lowest BCUT2D eigenvalue weighted by Gasteiger charge is -2.28. The van der Waals surface area contributed by atoms with Crippen LogP contribution >= 0.6 is 0 Å². The predicted molar refractivity (Wildman–Crippen MR) is 82.8 cm³/mol. The van der Waals surface area contributed by atoms with Crippen LogP contribution in [0.25, 0.3) is 0 Å². The summed E-state index contributed by atoms with van der Waals surface area (Å²) in [5.41, 5.74) is -0.0437. The third kappa shape index (κ3) is 6.12. The molecule has 20 heavy (non-hydrogen) atoms. The van der Waals surface area contributed by atoms with Crippen LogP contribution in [0, 0.1) is 5.41 Å². The van der Waals surface area contributed by atoms with Crippen molar-refractivity contribution < 1.29 is 9.90 Å². The Labute approximate surface area is 123 Å². The number of hydrogen-bond acceptors (Lipinski definition) is 2. The van der Waals surface area contributed by atoms with Gasteiger partial charge in [-0.1, -0.05) is 39.5 Å². The summed E-state index contributed by atoms with van der Waals surface area (Å²) in [6.45, 7) is 4.99. The van der Waals surface area contributed by atoms with Gasteiger partial charge in [0, 0.05) is 26.2 Å². The van der Waals surface area contributed by atoms with Gasteiger partial charge in [-0.05, 0) is 31.1 Å². The average Bonchev–Trinajstić information content (AvgIpc) is 2.71. The molecule has 0 aromatic heterocycles. The lowest BCUT2D eigenvalue weighted by atomic mass is 9.89. The molecular formula is C16H32N2O2. The number of nitrogens with zero attached hydrogens (tertiary/aromatic N) is 1. The quantitative estimate of drug-likeness (QED) is 0.581. The summed E-state index contributed by atoms with van der Waals surface area (Å²) in [6, 6.07) is 0.463. The predicted octanol–water partition coefficient (Wildman–Crippen LogP) is 3.15. The highest BCUT2D eigenvalue weighted by atomic mass is 16.3. The summed E-state index contributed by atoms with van der Waals surface area (Å²) < 4.78 is 0. The molecule has 0 bridgehead atoms. The van der Waals surface area contributed by atoms with Crippen molar-refractivity contribution in [2.75, 3.05) is 20.2 Å². The van der Waals surface area contributed by atoms with E-state index in [9.17, 15) is 9.90 Å². The van der Waals surface area contributed by atoms with Gasteiger partial charge in [-0.2, -0.15) is 0 Å². The van der Waals surface area contributed by atoms with Crippen LogP contribution in [0.1, 0.15) is 65.2 Å². The van der Waals surface area contributed by atoms with Crippen LogP contribution in [-0.4, -0.2) is 42.3 Å². The van der Waals surface area contributed by atoms with Crippen molar-refractivity contribution in [1.29, 1.82) is 0 Å². The molecule has 0 saturated heterocycles. The second kappa shape index (κ2) is 8.50. The molecule has 2 N–H and O–H groups in total. The number of aliphatic hydroxyl groups is 1. The third-order valence-electron chi connectivity index (χ3n) is 4.43. The van der Waals surface area contributed by atoms with Gasteiger partial charge in [0.1, 0.15) is 0 Å². The van der Waals surface area contributed by atoms with Crippen LogP contribution in [-0.2, 0) is 0 Å². The zero-order chi connectivity index (χ0) is 15.0. The summed E-state index contributed by atoms with van der Waals surface area (Å²) in [5.74, 6) is 0. The Morgan fingerprint density at radius 3 is 2.40 bits per heavy atom. The minimum Gasteiger partial charge on any atom is -0.396 e. The summed E-state index contributed by atoms with van der Waals surface area (Å²) in [6.07, 6.45) is 9.22. The van der Waals surface area contributed by atoms with E-state index in [4.69, 9.17) is 0 Å². The molecule has 1 saturated carbocycles. The minimum absolute atomic E-state index is 0.0437. The monoisotopic (exact) mass is 284 g/mol. The lowest BCUT2D eigenvalue weighted by molar-refractivity contribution is 0.147. The molecule has 0 unspecified atom stereocenters. The van der Waals surface area contributed by atoms with Crippen molar-refractivity contribution in [3.05, 3.63) is 0 Å². The van der Waals surface area contributed by atoms with E-state index < -0.39 is 0 Å². The highest BCUT2D eigenvalue weighted by molar-refractivity contribution is 5.74. The van der Waals surface area contributed by atoms with Gasteiger partial charge in [0.15, 0.2) is 0 Å². The fraction of sp³-hybridized carbons (Fsp3) is 0.938. The van der Waals surface area contributed by atoms with Crippen LogP contribution < -0.4 is 5.32 Å². The molecule has 4 nitrogen and oxygen atoms in total. The van der Waals surface area contributed by atoms with Crippen LogP contribution in [0.2, 0.25) is 0 Å². The van der Waals surface area contributed by atoms with Gasteiger partial charge in [-0.15, -0.1) is 0 Å². The van der Waals surface area contributed by atoms with Crippen molar-refractivity contribution in [2.45, 2.75) is 71.3 Å². The molecule has 0 aliphatic heterocycles. The highest BCUT2D eigenvalue weighted by Gasteiger charge is 2.21. The molecule has 0 aromatic rings. The second-order valence-electron chi connectivity index (χ2n) is 6.91. The Morgan fingerprint density at radius 1 is 1.25 bits per heavy atom. The Balaban J connectivity index is 2.24. The number of hydrogen-bond donors (Lipinski definition) is 2. The first-order valence-corrected chi connectivity index (χ1v) is 8.08. The van der Waals surface area contributed by atoms with Crippen LogP contribution in [0.3, 0.4) is 0 Å². The van der Waals surface area contributed by atoms with Gasteiger partial charge < -0.3 is 15.3 Å². The summed E-state index contributed by atoms with van der Waals surface area (Å²) in [4.78, 5) is 14.0. The first-order chi connectivity index (χ1) is 9.46. The Hall–Kier alpha value is -0.770. The van der Waals surface area contributed by atoms with E-state index in [0.717, 1.165) is 25.7 Å². The first-order valence-electron chi connectivity index (χ1n) is 8.08. The molecule has 4 heteroatoms. The van der Waals surface area contributed by atoms with E-state index in [1.807, 2.05) is 25.8 Å². The van der Waals surface area contributed by atoms with Crippen LogP contribution in [0.15, 0.2) is 0 Å². The molecule has 0 aromatic carbocycles. The van der Waals surface area contributed by atoms with Crippen molar-refractivity contribution in [3.63, 3.8) is 0 Å². The Morgan fingerprint density at radius 2 is 1.85 bits per heavy atom. The number of urea groups is 1. The van der Waals surface area contributed by atoms with Gasteiger partial charge in [0.05, 0.1) is 0 Å². The molecule has 1 aliphatic carbocycles. The minimum atomic E-state index is -0.0437. The number of aliphatic hydroxyl groups excluding tert-OH is 1. The second-order valence-corrected chi connectivity index (χ2v) is 6.91. The van der Waals surface area contributed by atoms with Gasteiger partial charge in [0.25, 0.3) is 0 Å². The first kappa shape index (κ1) is 17.3. The lowest BCUT2D eigenvalue weighted by Crippen LogP contribution is -2.43. The molecule has 0 radical (unpaired) electrons. The zero-order valence-electron chi connectivity index (χ0n) is 13.5. The van der Waals surface area contributed by atoms with E-state index in [1.54, 1.807) is 0 Å². The number of amides is 2. The standard InChI is InChI=1S/C16H32N2O2/c1-16(2,13-19)11-8-12-17-15(20)18(3)14-9-6-4-5-7-10-14/h14,19H,4-13H2,1-3H3,(H,17,20). The molecule has 118 valence electrons. The smallest absolute Gasteiger partial charge is 0.317 e. The highest BCUT2D eigenvalue weighted by Crippen LogP contribution is 2.22. The third-order valence-corrected chi connectivity index (χ3v) is 4.43. The van der Waals surface area contributed by atoms with Crippen molar-refractivity contribution in [2.24, 2.45) is 5.41 Å². The van der Waals surface area contributed by atoms with Gasteiger partial charge in [-0.25, -0.2) is 4.79 Å². The van der Waals surface area contributed by atoms with E-state index in [2.05, 4.69) is 5.32 Å². The van der Waals surface area contributed by atoms with Crippen molar-refractivity contribution in [3.8, 4) is 0 Å². The molecule has 0 atom stereocenters. The molecule has 0 heterocycles. The maximum Gasteiger partial charge on any atom is 0.317 e. The van der Waals surface area contributed by atoms with Gasteiger partial charge in [0.2, 0.25) is 0 Å². The normalized spacial score (nSPS) is 17.6. The van der Waals surface area contributed by atoms with E-state index >= 15 is 0 Å². The maximum absolute atomic E-state index is 12.1. The number of rotatable bonds is 6. The summed E-state index contributed by atoms with van der Waals surface area (Å²) in [5, 5.41) is 12.2. The SMILES string of the molecule is CN(C(=O)NCCCC(C)(C)CO)C1CCCCCC1. The van der Waals surface area contributed by atoms with E-state index in [0.29, 0.717) is 12.6 Å². The fourth-order valence-electron chi connectivity index (χ4n) is 2.78. The molecular weight excluding hydrogens is 252 g/mol. The zero-order valence-corrected chi connectivity index (χ0v) is 13.5. The largest absolute Gasteiger partial charge is 0.396 e. The molecule has 2 amide bonds. The van der Waals surface area contributed by atoms with Crippen molar-refractivity contribution in [1.82, 2.24) is 10.2 Å². The molecule has 1 aliphatic rings. The number of carbonyl (C=O) groups excluding carboxylic acids is 1. The van der Waals surface area contributed by atoms with E-state index in [1.165, 1.54) is 25.7 Å². The van der Waals surface area contributed by atoms with Crippen LogP contribution in [0.4, 0.5) is 4.79 Å². The number of nitrogens with one attached hydrogen (secondary N) is 1. The maximum atomic E-state index is 12.1. The fourth-order valence-corrected chi connectivity index (χ4v) is 2.78. The van der Waals surface area contributed by atoms with Crippen molar-refractivity contribution >= 4 is 6.03 Å². The summed E-state index contributed by atoms with van der Waals surface area (Å²) in [7, 11) is 1.92. The Kier molecular flexibility index (Phi) is 7.35. The Bertz CT molecular complexity index is 284. The molecule has 1 fully saturated rings.